The minimum absolute atomic E-state index is 0.0269. The van der Waals surface area contributed by atoms with E-state index < -0.39 is 6.04 Å². The van der Waals surface area contributed by atoms with Crippen LogP contribution >= 0.6 is 0 Å². The minimum atomic E-state index is -0.408. The van der Waals surface area contributed by atoms with Gasteiger partial charge in [-0.1, -0.05) is 12.1 Å². The summed E-state index contributed by atoms with van der Waals surface area (Å²) in [6.07, 6.45) is 2.70. The minimum Gasteiger partial charge on any atom is -0.370 e. The molecule has 1 amide bonds. The van der Waals surface area contributed by atoms with E-state index in [0.29, 0.717) is 19.7 Å². The number of hydrogen-bond donors (Lipinski definition) is 0. The van der Waals surface area contributed by atoms with Gasteiger partial charge in [-0.25, -0.2) is 14.1 Å². The van der Waals surface area contributed by atoms with Crippen molar-refractivity contribution in [3.05, 3.63) is 48.3 Å². The zero-order valence-corrected chi connectivity index (χ0v) is 12.2. The highest BCUT2D eigenvalue weighted by atomic mass is 19.1. The molecule has 3 rings (SSSR count). The summed E-state index contributed by atoms with van der Waals surface area (Å²) < 4.78 is 20.2. The van der Waals surface area contributed by atoms with E-state index in [1.807, 2.05) is 0 Å². The van der Waals surface area contributed by atoms with E-state index in [0.717, 1.165) is 5.56 Å². The lowest BCUT2D eigenvalue weighted by atomic mass is 10.1. The first-order chi connectivity index (χ1) is 10.6. The molecule has 1 aliphatic rings. The van der Waals surface area contributed by atoms with Gasteiger partial charge in [0.05, 0.1) is 13.2 Å². The van der Waals surface area contributed by atoms with E-state index in [4.69, 9.17) is 4.74 Å². The molecule has 1 aromatic heterocycles. The predicted octanol–water partition coefficient (Wildman–Crippen LogP) is 1.58. The number of rotatable bonds is 3. The summed E-state index contributed by atoms with van der Waals surface area (Å²) in [4.78, 5) is 18.2. The Kier molecular flexibility index (Phi) is 4.15. The monoisotopic (exact) mass is 304 g/mol. The summed E-state index contributed by atoms with van der Waals surface area (Å²) in [7, 11) is 0. The molecule has 2 atom stereocenters. The fourth-order valence-electron chi connectivity index (χ4n) is 2.52. The number of aromatic nitrogens is 3. The molecule has 22 heavy (non-hydrogen) atoms. The molecule has 1 aromatic carbocycles. The number of ether oxygens (including phenoxy) is 1. The molecule has 2 unspecified atom stereocenters. The molecule has 1 aliphatic heterocycles. The van der Waals surface area contributed by atoms with Gasteiger partial charge in [-0.2, -0.15) is 5.10 Å². The molecule has 0 bridgehead atoms. The molecule has 1 fully saturated rings. The Morgan fingerprint density at radius 2 is 2.18 bits per heavy atom. The highest BCUT2D eigenvalue weighted by Gasteiger charge is 2.29. The zero-order valence-electron chi connectivity index (χ0n) is 12.2. The zero-order chi connectivity index (χ0) is 15.5. The van der Waals surface area contributed by atoms with Gasteiger partial charge in [0, 0.05) is 6.54 Å². The van der Waals surface area contributed by atoms with Crippen molar-refractivity contribution in [3.8, 4) is 0 Å². The standard InChI is InChI=1S/C15H17FN4O2/c1-11(20-10-17-9-18-20)15(21)19-6-7-22-14(8-19)12-2-4-13(16)5-3-12/h2-5,9-11,14H,6-8H2,1H3. The fourth-order valence-corrected chi connectivity index (χ4v) is 2.52. The number of carbonyl (C=O) groups is 1. The van der Waals surface area contributed by atoms with Crippen molar-refractivity contribution in [1.29, 1.82) is 0 Å². The molecular weight excluding hydrogens is 287 g/mol. The van der Waals surface area contributed by atoms with Crippen LogP contribution in [-0.2, 0) is 9.53 Å². The van der Waals surface area contributed by atoms with Crippen LogP contribution in [0.25, 0.3) is 0 Å². The number of hydrogen-bond acceptors (Lipinski definition) is 4. The van der Waals surface area contributed by atoms with Crippen molar-refractivity contribution in [2.24, 2.45) is 0 Å². The molecule has 116 valence electrons. The fraction of sp³-hybridized carbons (Fsp3) is 0.400. The third kappa shape index (κ3) is 2.99. The van der Waals surface area contributed by atoms with E-state index in [9.17, 15) is 9.18 Å². The molecule has 0 aliphatic carbocycles. The average molecular weight is 304 g/mol. The van der Waals surface area contributed by atoms with Crippen molar-refractivity contribution in [3.63, 3.8) is 0 Å². The molecule has 0 saturated carbocycles. The number of halogens is 1. The number of carbonyl (C=O) groups excluding carboxylic acids is 1. The predicted molar refractivity (Wildman–Crippen MR) is 76.4 cm³/mol. The third-order valence-corrected chi connectivity index (χ3v) is 3.81. The molecule has 2 aromatic rings. The summed E-state index contributed by atoms with van der Waals surface area (Å²) >= 11 is 0. The number of nitrogens with zero attached hydrogens (tertiary/aromatic N) is 4. The van der Waals surface area contributed by atoms with Crippen molar-refractivity contribution in [2.45, 2.75) is 19.1 Å². The summed E-state index contributed by atoms with van der Waals surface area (Å²) in [5.74, 6) is -0.312. The van der Waals surface area contributed by atoms with E-state index in [-0.39, 0.29) is 17.8 Å². The SMILES string of the molecule is CC(C(=O)N1CCOC(c2ccc(F)cc2)C1)n1cncn1. The Labute approximate surface area is 127 Å². The Balaban J connectivity index is 1.70. The molecule has 2 heterocycles. The van der Waals surface area contributed by atoms with Crippen LogP contribution in [0.3, 0.4) is 0 Å². The van der Waals surface area contributed by atoms with Crippen molar-refractivity contribution in [1.82, 2.24) is 19.7 Å². The van der Waals surface area contributed by atoms with Crippen LogP contribution in [0, 0.1) is 5.82 Å². The Morgan fingerprint density at radius 3 is 2.86 bits per heavy atom. The van der Waals surface area contributed by atoms with Crippen LogP contribution in [0.15, 0.2) is 36.9 Å². The normalized spacial score (nSPS) is 19.9. The van der Waals surface area contributed by atoms with Crippen LogP contribution in [-0.4, -0.2) is 45.3 Å². The van der Waals surface area contributed by atoms with Crippen LogP contribution in [0.5, 0.6) is 0 Å². The van der Waals surface area contributed by atoms with Gasteiger partial charge in [0.15, 0.2) is 0 Å². The lowest BCUT2D eigenvalue weighted by molar-refractivity contribution is -0.142. The van der Waals surface area contributed by atoms with Crippen LogP contribution < -0.4 is 0 Å². The molecular formula is C15H17FN4O2. The molecule has 0 radical (unpaired) electrons. The van der Waals surface area contributed by atoms with Gasteiger partial charge in [0.25, 0.3) is 0 Å². The quantitative estimate of drug-likeness (QED) is 0.864. The van der Waals surface area contributed by atoms with E-state index in [2.05, 4.69) is 10.1 Å². The largest absolute Gasteiger partial charge is 0.370 e. The summed E-state index contributed by atoms with van der Waals surface area (Å²) in [5, 5.41) is 4.00. The Bertz CT molecular complexity index is 630. The lowest BCUT2D eigenvalue weighted by Crippen LogP contribution is -2.45. The number of morpholine rings is 1. The Hall–Kier alpha value is -2.28. The second-order valence-electron chi connectivity index (χ2n) is 5.25. The summed E-state index contributed by atoms with van der Waals surface area (Å²) in [6.45, 7) is 3.23. The van der Waals surface area contributed by atoms with Gasteiger partial charge in [-0.05, 0) is 24.6 Å². The molecule has 0 N–H and O–H groups in total. The maximum atomic E-state index is 13.0. The average Bonchev–Trinajstić information content (AvgIpc) is 3.09. The third-order valence-electron chi connectivity index (χ3n) is 3.81. The first kappa shape index (κ1) is 14.6. The number of amides is 1. The lowest BCUT2D eigenvalue weighted by Gasteiger charge is -2.34. The molecule has 1 saturated heterocycles. The maximum absolute atomic E-state index is 13.0. The highest BCUT2D eigenvalue weighted by Crippen LogP contribution is 2.24. The van der Waals surface area contributed by atoms with Crippen LogP contribution in [0.4, 0.5) is 4.39 Å². The van der Waals surface area contributed by atoms with E-state index in [1.54, 1.807) is 24.0 Å². The number of benzene rings is 1. The van der Waals surface area contributed by atoms with Crippen LogP contribution in [0.1, 0.15) is 24.6 Å². The molecule has 0 spiro atoms. The van der Waals surface area contributed by atoms with Gasteiger partial charge in [0.1, 0.15) is 30.6 Å². The highest BCUT2D eigenvalue weighted by molar-refractivity contribution is 5.80. The van der Waals surface area contributed by atoms with Gasteiger partial charge < -0.3 is 9.64 Å². The Morgan fingerprint density at radius 1 is 1.41 bits per heavy atom. The van der Waals surface area contributed by atoms with Crippen molar-refractivity contribution < 1.29 is 13.9 Å². The van der Waals surface area contributed by atoms with Crippen LogP contribution in [0.2, 0.25) is 0 Å². The summed E-state index contributed by atoms with van der Waals surface area (Å²) in [6, 6.07) is 5.77. The van der Waals surface area contributed by atoms with Crippen molar-refractivity contribution in [2.75, 3.05) is 19.7 Å². The topological polar surface area (TPSA) is 60.2 Å². The second kappa shape index (κ2) is 6.23. The van der Waals surface area contributed by atoms with E-state index >= 15 is 0 Å². The first-order valence-electron chi connectivity index (χ1n) is 7.15. The van der Waals surface area contributed by atoms with Gasteiger partial charge in [-0.15, -0.1) is 0 Å². The smallest absolute Gasteiger partial charge is 0.247 e. The van der Waals surface area contributed by atoms with E-state index in [1.165, 1.54) is 29.5 Å². The first-order valence-corrected chi connectivity index (χ1v) is 7.15. The van der Waals surface area contributed by atoms with Gasteiger partial charge >= 0.3 is 0 Å². The van der Waals surface area contributed by atoms with Gasteiger partial charge in [-0.3, -0.25) is 4.79 Å². The summed E-state index contributed by atoms with van der Waals surface area (Å²) in [5.41, 5.74) is 0.868. The molecule has 7 heteroatoms. The van der Waals surface area contributed by atoms with Crippen molar-refractivity contribution >= 4 is 5.91 Å². The maximum Gasteiger partial charge on any atom is 0.247 e. The molecule has 6 nitrogen and oxygen atoms in total. The second-order valence-corrected chi connectivity index (χ2v) is 5.25. The van der Waals surface area contributed by atoms with Gasteiger partial charge in [0.2, 0.25) is 5.91 Å².